The van der Waals surface area contributed by atoms with Crippen molar-refractivity contribution >= 4 is 17.8 Å². The van der Waals surface area contributed by atoms with Gasteiger partial charge in [0.25, 0.3) is 0 Å². The highest BCUT2D eigenvalue weighted by Crippen LogP contribution is 2.22. The van der Waals surface area contributed by atoms with Gasteiger partial charge in [0.2, 0.25) is 0 Å². The van der Waals surface area contributed by atoms with Gasteiger partial charge in [-0.1, -0.05) is 24.3 Å². The number of hydrogen-bond donors (Lipinski definition) is 3. The van der Waals surface area contributed by atoms with E-state index in [1.54, 1.807) is 12.1 Å². The lowest BCUT2D eigenvalue weighted by Crippen LogP contribution is -2.09. The van der Waals surface area contributed by atoms with Crippen LogP contribution in [0.4, 0.5) is 5.69 Å². The topological polar surface area (TPSA) is 52.5 Å². The minimum atomic E-state index is 0.0566. The Balaban J connectivity index is 2.11. The predicted octanol–water partition coefficient (Wildman–Crippen LogP) is 4.09. The van der Waals surface area contributed by atoms with Gasteiger partial charge in [0, 0.05) is 17.8 Å². The first-order valence-electron chi connectivity index (χ1n) is 6.60. The van der Waals surface area contributed by atoms with Gasteiger partial charge in [0.05, 0.1) is 0 Å². The number of nitrogens with one attached hydrogen (secondary N) is 1. The summed E-state index contributed by atoms with van der Waals surface area (Å²) in [7, 11) is 0. The molecule has 0 aromatic heterocycles. The molecule has 3 N–H and O–H groups in total. The van der Waals surface area contributed by atoms with Crippen LogP contribution in [0.25, 0.3) is 12.2 Å². The van der Waals surface area contributed by atoms with E-state index in [2.05, 4.69) is 19.2 Å². The zero-order chi connectivity index (χ0) is 14.5. The summed E-state index contributed by atoms with van der Waals surface area (Å²) in [6.45, 7) is 4.20. The minimum Gasteiger partial charge on any atom is -0.508 e. The molecular weight excluding hydrogens is 250 g/mol. The number of hydrogen-bond acceptors (Lipinski definition) is 3. The monoisotopic (exact) mass is 269 g/mol. The van der Waals surface area contributed by atoms with E-state index in [1.165, 1.54) is 6.07 Å². The third kappa shape index (κ3) is 4.05. The molecule has 0 aliphatic carbocycles. The number of anilines is 1. The van der Waals surface area contributed by atoms with E-state index in [1.807, 2.05) is 36.4 Å². The molecule has 0 fully saturated rings. The molecule has 2 aromatic rings. The standard InChI is InChI=1S/C17H19NO2/c1-12(2)18-15-7-5-13(6-8-15)3-4-14-9-16(19)11-17(20)10-14/h3-12,18-20H,1-2H3/b4-3+. The number of phenols is 2. The lowest BCUT2D eigenvalue weighted by molar-refractivity contribution is 0.450. The molecule has 104 valence electrons. The van der Waals surface area contributed by atoms with Crippen LogP contribution in [-0.4, -0.2) is 16.3 Å². The van der Waals surface area contributed by atoms with Crippen molar-refractivity contribution in [2.75, 3.05) is 5.32 Å². The summed E-state index contributed by atoms with van der Waals surface area (Å²) < 4.78 is 0. The average molecular weight is 269 g/mol. The molecule has 0 bridgehead atoms. The van der Waals surface area contributed by atoms with Gasteiger partial charge in [-0.15, -0.1) is 0 Å². The van der Waals surface area contributed by atoms with Crippen molar-refractivity contribution in [3.05, 3.63) is 53.6 Å². The smallest absolute Gasteiger partial charge is 0.119 e. The zero-order valence-corrected chi connectivity index (χ0v) is 11.7. The summed E-state index contributed by atoms with van der Waals surface area (Å²) in [4.78, 5) is 0. The lowest BCUT2D eigenvalue weighted by Gasteiger charge is -2.09. The van der Waals surface area contributed by atoms with Crippen molar-refractivity contribution in [3.63, 3.8) is 0 Å². The Labute approximate surface area is 119 Å². The minimum absolute atomic E-state index is 0.0566. The van der Waals surface area contributed by atoms with E-state index < -0.39 is 0 Å². The van der Waals surface area contributed by atoms with E-state index in [0.29, 0.717) is 6.04 Å². The predicted molar refractivity (Wildman–Crippen MR) is 83.9 cm³/mol. The van der Waals surface area contributed by atoms with Crippen molar-refractivity contribution in [2.24, 2.45) is 0 Å². The Bertz CT molecular complexity index is 581. The Kier molecular flexibility index (Phi) is 4.31. The number of benzene rings is 2. The van der Waals surface area contributed by atoms with E-state index in [0.717, 1.165) is 16.8 Å². The van der Waals surface area contributed by atoms with Gasteiger partial charge in [-0.05, 0) is 49.2 Å². The zero-order valence-electron chi connectivity index (χ0n) is 11.7. The normalized spacial score (nSPS) is 11.2. The summed E-state index contributed by atoms with van der Waals surface area (Å²) >= 11 is 0. The average Bonchev–Trinajstić information content (AvgIpc) is 2.36. The Morgan fingerprint density at radius 3 is 1.95 bits per heavy atom. The van der Waals surface area contributed by atoms with Crippen molar-refractivity contribution in [1.29, 1.82) is 0 Å². The largest absolute Gasteiger partial charge is 0.508 e. The van der Waals surface area contributed by atoms with E-state index >= 15 is 0 Å². The van der Waals surface area contributed by atoms with Crippen LogP contribution in [0.5, 0.6) is 11.5 Å². The number of rotatable bonds is 4. The molecular formula is C17H19NO2. The van der Waals surface area contributed by atoms with E-state index in [4.69, 9.17) is 0 Å². The molecule has 0 amide bonds. The van der Waals surface area contributed by atoms with Crippen LogP contribution in [-0.2, 0) is 0 Å². The summed E-state index contributed by atoms with van der Waals surface area (Å²) in [6.07, 6.45) is 3.79. The molecule has 0 atom stereocenters. The van der Waals surface area contributed by atoms with E-state index in [-0.39, 0.29) is 11.5 Å². The molecule has 20 heavy (non-hydrogen) atoms. The van der Waals surface area contributed by atoms with Crippen LogP contribution in [0.3, 0.4) is 0 Å². The van der Waals surface area contributed by atoms with Gasteiger partial charge in [0.15, 0.2) is 0 Å². The quantitative estimate of drug-likeness (QED) is 0.733. The molecule has 3 heteroatoms. The molecule has 2 aromatic carbocycles. The molecule has 0 heterocycles. The second-order valence-electron chi connectivity index (χ2n) is 5.04. The van der Waals surface area contributed by atoms with Gasteiger partial charge in [0.1, 0.15) is 11.5 Å². The van der Waals surface area contributed by atoms with Crippen LogP contribution < -0.4 is 5.32 Å². The first kappa shape index (κ1) is 14.0. The maximum atomic E-state index is 9.41. The Morgan fingerprint density at radius 2 is 1.40 bits per heavy atom. The SMILES string of the molecule is CC(C)Nc1ccc(/C=C/c2cc(O)cc(O)c2)cc1. The Morgan fingerprint density at radius 1 is 0.850 bits per heavy atom. The highest BCUT2D eigenvalue weighted by atomic mass is 16.3. The second-order valence-corrected chi connectivity index (χ2v) is 5.04. The number of aromatic hydroxyl groups is 2. The van der Waals surface area contributed by atoms with Crippen LogP contribution in [0.1, 0.15) is 25.0 Å². The van der Waals surface area contributed by atoms with E-state index in [9.17, 15) is 10.2 Å². The van der Waals surface area contributed by atoms with Crippen molar-refractivity contribution in [2.45, 2.75) is 19.9 Å². The second kappa shape index (κ2) is 6.15. The summed E-state index contributed by atoms with van der Waals surface area (Å²) in [5, 5.41) is 22.1. The lowest BCUT2D eigenvalue weighted by atomic mass is 10.1. The summed E-state index contributed by atoms with van der Waals surface area (Å²) in [5.41, 5.74) is 2.90. The first-order chi connectivity index (χ1) is 9.52. The van der Waals surface area contributed by atoms with Crippen LogP contribution in [0, 0.1) is 0 Å². The highest BCUT2D eigenvalue weighted by molar-refractivity contribution is 5.71. The fraction of sp³-hybridized carbons (Fsp3) is 0.176. The van der Waals surface area contributed by atoms with Gasteiger partial charge < -0.3 is 15.5 Å². The molecule has 0 spiro atoms. The van der Waals surface area contributed by atoms with Crippen LogP contribution in [0.15, 0.2) is 42.5 Å². The molecule has 0 unspecified atom stereocenters. The molecule has 0 saturated heterocycles. The van der Waals surface area contributed by atoms with Gasteiger partial charge in [-0.25, -0.2) is 0 Å². The van der Waals surface area contributed by atoms with Crippen LogP contribution >= 0.6 is 0 Å². The van der Waals surface area contributed by atoms with Gasteiger partial charge in [-0.3, -0.25) is 0 Å². The number of phenolic OH excluding ortho intramolecular Hbond substituents is 2. The molecule has 0 radical (unpaired) electrons. The third-order valence-corrected chi connectivity index (χ3v) is 2.76. The maximum Gasteiger partial charge on any atom is 0.119 e. The van der Waals surface area contributed by atoms with Crippen molar-refractivity contribution in [3.8, 4) is 11.5 Å². The highest BCUT2D eigenvalue weighted by Gasteiger charge is 1.97. The molecule has 2 rings (SSSR count). The van der Waals surface area contributed by atoms with Crippen LogP contribution in [0.2, 0.25) is 0 Å². The molecule has 0 aliphatic rings. The van der Waals surface area contributed by atoms with Crippen molar-refractivity contribution < 1.29 is 10.2 Å². The molecule has 3 nitrogen and oxygen atoms in total. The summed E-state index contributed by atoms with van der Waals surface area (Å²) in [5.74, 6) is 0.113. The van der Waals surface area contributed by atoms with Gasteiger partial charge >= 0.3 is 0 Å². The van der Waals surface area contributed by atoms with Gasteiger partial charge in [-0.2, -0.15) is 0 Å². The van der Waals surface area contributed by atoms with Crippen molar-refractivity contribution in [1.82, 2.24) is 0 Å². The fourth-order valence-corrected chi connectivity index (χ4v) is 1.93. The third-order valence-electron chi connectivity index (χ3n) is 2.76. The summed E-state index contributed by atoms with van der Waals surface area (Å²) in [6, 6.07) is 13.0. The maximum absolute atomic E-state index is 9.41. The molecule has 0 aliphatic heterocycles. The molecule has 0 saturated carbocycles. The Hall–Kier alpha value is -2.42. The fourth-order valence-electron chi connectivity index (χ4n) is 1.93. The first-order valence-corrected chi connectivity index (χ1v) is 6.60.